The van der Waals surface area contributed by atoms with Crippen LogP contribution in [0.1, 0.15) is 92.1 Å². The molecule has 0 radical (unpaired) electrons. The minimum Gasteiger partial charge on any atom is -0.388 e. The van der Waals surface area contributed by atoms with Crippen LogP contribution in [0.3, 0.4) is 0 Å². The number of benzene rings is 1. The molecule has 1 N–H and O–H groups in total. The predicted octanol–water partition coefficient (Wildman–Crippen LogP) is 7.73. The van der Waals surface area contributed by atoms with E-state index in [9.17, 15) is 19.7 Å². The fourth-order valence-corrected chi connectivity index (χ4v) is 8.41. The van der Waals surface area contributed by atoms with Crippen molar-refractivity contribution in [3.05, 3.63) is 52.6 Å². The first-order chi connectivity index (χ1) is 15.6. The third kappa shape index (κ3) is 6.62. The summed E-state index contributed by atoms with van der Waals surface area (Å²) in [6.45, 7) is 5.81. The summed E-state index contributed by atoms with van der Waals surface area (Å²) in [5.41, 5.74) is 4.00. The van der Waals surface area contributed by atoms with Gasteiger partial charge in [0.15, 0.2) is 5.78 Å². The number of nitriles is 1. The number of nitrogens with zero attached hydrogens (tertiary/aromatic N) is 1. The van der Waals surface area contributed by atoms with Crippen molar-refractivity contribution in [2.75, 3.05) is 13.3 Å². The number of ketones is 1. The van der Waals surface area contributed by atoms with E-state index in [4.69, 9.17) is 0 Å². The minimum atomic E-state index is -2.33. The van der Waals surface area contributed by atoms with E-state index >= 15 is 0 Å². The first kappa shape index (κ1) is 40.2. The Morgan fingerprint density at radius 1 is 1.03 bits per heavy atom. The number of hydrogen-bond donors (Lipinski definition) is 1. The molecule has 0 aromatic heterocycles. The first-order valence-electron chi connectivity index (χ1n) is 12.3. The van der Waals surface area contributed by atoms with Crippen LogP contribution >= 0.6 is 47.6 Å². The Morgan fingerprint density at radius 3 is 2.21 bits per heavy atom. The van der Waals surface area contributed by atoms with E-state index in [-0.39, 0.29) is 86.3 Å². The summed E-state index contributed by atoms with van der Waals surface area (Å²) in [5.74, 6) is 1.12. The van der Waals surface area contributed by atoms with Crippen molar-refractivity contribution >= 4 is 58.7 Å². The van der Waals surface area contributed by atoms with Crippen LogP contribution in [0.25, 0.3) is 0 Å². The average molecular weight is 614 g/mol. The van der Waals surface area contributed by atoms with Gasteiger partial charge in [-0.2, -0.15) is 45.7 Å². The number of carbonyl (C=O) groups is 1. The Balaban J connectivity index is 0. The molecule has 8 heteroatoms. The monoisotopic (exact) mass is 613 g/mol. The van der Waals surface area contributed by atoms with Crippen LogP contribution < -0.4 is 5.30 Å². The van der Waals surface area contributed by atoms with Gasteiger partial charge in [0.25, 0.3) is 0 Å². The molecule has 0 aliphatic heterocycles. The second-order valence-electron chi connectivity index (χ2n) is 11.3. The molecule has 1 aromatic carbocycles. The molecule has 39 heavy (non-hydrogen) atoms. The fraction of sp³-hybridized carbons (Fsp3) is 0.613. The molecule has 0 heterocycles. The molecule has 0 spiro atoms. The molecule has 0 amide bonds. The van der Waals surface area contributed by atoms with Gasteiger partial charge in [0.2, 0.25) is 0 Å². The second kappa shape index (κ2) is 14.3. The topological polar surface area (TPSA) is 78.2 Å². The van der Waals surface area contributed by atoms with E-state index in [0.717, 1.165) is 37.4 Å². The van der Waals surface area contributed by atoms with E-state index in [1.54, 1.807) is 13.3 Å². The zero-order valence-corrected chi connectivity index (χ0v) is 25.3. The van der Waals surface area contributed by atoms with Gasteiger partial charge < -0.3 is 9.67 Å². The molecule has 1 aromatic rings. The maximum Gasteiger partial charge on any atom is 0.156 e. The Kier molecular flexibility index (Phi) is 14.8. The predicted molar refractivity (Wildman–Crippen MR) is 182 cm³/mol. The number of aliphatic hydroxyl groups is 1. The van der Waals surface area contributed by atoms with Crippen LogP contribution in [0.15, 0.2) is 47.1 Å². The lowest BCUT2D eigenvalue weighted by Gasteiger charge is -2.54. The number of rotatable bonds is 3. The van der Waals surface area contributed by atoms with Gasteiger partial charge in [-0.1, -0.05) is 59.0 Å². The van der Waals surface area contributed by atoms with Gasteiger partial charge >= 0.3 is 0 Å². The molecule has 4 aliphatic rings. The van der Waals surface area contributed by atoms with E-state index < -0.39 is 12.7 Å². The lowest BCUT2D eigenvalue weighted by Crippen LogP contribution is -2.51. The van der Waals surface area contributed by atoms with E-state index in [0.29, 0.717) is 24.7 Å². The van der Waals surface area contributed by atoms with Gasteiger partial charge in [-0.15, -0.1) is 0 Å². The Labute approximate surface area is 258 Å². The van der Waals surface area contributed by atoms with E-state index in [2.05, 4.69) is 25.1 Å². The molecular formula is C31H52NO3PS3. The fourth-order valence-electron chi connectivity index (χ4n) is 7.54. The zero-order chi connectivity index (χ0) is 23.6. The number of hydrogen-bond acceptors (Lipinski definition) is 4. The van der Waals surface area contributed by atoms with Crippen molar-refractivity contribution in [1.82, 2.24) is 0 Å². The molecular weight excluding hydrogens is 562 g/mol. The SMILES string of the molecule is C.C.C.C[C@]12C[C@H](c3ccc(P(C)(C)=O)cc3)C3=C4CCC(=O)C=C4CC[C@H]3[C@@H]1CC[C@@]2(O)CC#N.S.S.S. The smallest absolute Gasteiger partial charge is 0.156 e. The molecule has 0 unspecified atom stereocenters. The number of fused-ring (bicyclic) bond motifs is 4. The summed E-state index contributed by atoms with van der Waals surface area (Å²) in [6, 6.07) is 10.5. The Hall–Kier alpha value is -0.900. The van der Waals surface area contributed by atoms with Crippen molar-refractivity contribution in [1.29, 1.82) is 5.26 Å². The lowest BCUT2D eigenvalue weighted by atomic mass is 9.51. The lowest BCUT2D eigenvalue weighted by molar-refractivity contribution is -0.114. The molecule has 0 bridgehead atoms. The highest BCUT2D eigenvalue weighted by atomic mass is 32.1. The third-order valence-electron chi connectivity index (χ3n) is 9.35. The van der Waals surface area contributed by atoms with Gasteiger partial charge in [0, 0.05) is 23.1 Å². The van der Waals surface area contributed by atoms with Crippen LogP contribution in [0.2, 0.25) is 0 Å². The highest BCUT2D eigenvalue weighted by molar-refractivity contribution is 7.70. The van der Waals surface area contributed by atoms with Gasteiger partial charge in [-0.3, -0.25) is 4.79 Å². The van der Waals surface area contributed by atoms with Crippen molar-refractivity contribution in [2.24, 2.45) is 17.3 Å². The van der Waals surface area contributed by atoms with Gasteiger partial charge in [0.1, 0.15) is 7.14 Å². The summed E-state index contributed by atoms with van der Waals surface area (Å²) < 4.78 is 12.6. The van der Waals surface area contributed by atoms with Gasteiger partial charge in [-0.25, -0.2) is 0 Å². The molecule has 4 aliphatic carbocycles. The summed E-state index contributed by atoms with van der Waals surface area (Å²) in [6.07, 6.45) is 7.83. The molecule has 222 valence electrons. The average Bonchev–Trinajstić information content (AvgIpc) is 3.03. The van der Waals surface area contributed by atoms with Gasteiger partial charge in [0.05, 0.1) is 18.1 Å². The van der Waals surface area contributed by atoms with Crippen LogP contribution in [0.4, 0.5) is 0 Å². The summed E-state index contributed by atoms with van der Waals surface area (Å²) in [7, 11) is -2.33. The van der Waals surface area contributed by atoms with E-state index in [1.165, 1.54) is 22.3 Å². The standard InChI is InChI=1S/C28H34NO3P.3CH4.3H2S/c1-27-17-24(18-4-8-21(9-5-18)33(2,3)32)26-22-11-7-20(30)16-19(22)6-10-23(26)25(27)12-13-28(27,31)14-15-29;;;;;;/h4-5,8-9,16,23-25,31H,6-7,10-14,17H2,1-3H3;3*1H4;3*1H2/t23-,24+,25-,27-,28+;;;;;;/m0....../s1. The van der Waals surface area contributed by atoms with Crippen LogP contribution in [-0.2, 0) is 9.36 Å². The van der Waals surface area contributed by atoms with Crippen LogP contribution in [0, 0.1) is 28.6 Å². The van der Waals surface area contributed by atoms with Gasteiger partial charge in [-0.05, 0) is 86.5 Å². The van der Waals surface area contributed by atoms with Crippen LogP contribution in [-0.4, -0.2) is 29.8 Å². The van der Waals surface area contributed by atoms with Crippen molar-refractivity contribution in [3.63, 3.8) is 0 Å². The highest BCUT2D eigenvalue weighted by Crippen LogP contribution is 2.67. The summed E-state index contributed by atoms with van der Waals surface area (Å²) >= 11 is 0. The third-order valence-corrected chi connectivity index (χ3v) is 10.9. The van der Waals surface area contributed by atoms with Crippen molar-refractivity contribution < 1.29 is 14.5 Å². The first-order valence-corrected chi connectivity index (χ1v) is 14.9. The second-order valence-corrected chi connectivity index (χ2v) is 14.6. The van der Waals surface area contributed by atoms with E-state index in [1.807, 2.05) is 18.2 Å². The summed E-state index contributed by atoms with van der Waals surface area (Å²) in [4.78, 5) is 12.2. The molecule has 0 saturated heterocycles. The van der Waals surface area contributed by atoms with Crippen LogP contribution in [0.5, 0.6) is 0 Å². The van der Waals surface area contributed by atoms with Crippen molar-refractivity contribution in [3.8, 4) is 6.07 Å². The minimum absolute atomic E-state index is 0. The Bertz CT molecular complexity index is 1170. The molecule has 2 saturated carbocycles. The highest BCUT2D eigenvalue weighted by Gasteiger charge is 2.62. The summed E-state index contributed by atoms with van der Waals surface area (Å²) in [5, 5.41) is 22.1. The molecule has 4 nitrogen and oxygen atoms in total. The number of allylic oxidation sites excluding steroid dienone is 4. The number of carbonyl (C=O) groups excluding carboxylic acids is 1. The zero-order valence-electron chi connectivity index (χ0n) is 21.4. The largest absolute Gasteiger partial charge is 0.388 e. The molecule has 2 fully saturated rings. The van der Waals surface area contributed by atoms with Crippen molar-refractivity contribution in [2.45, 2.75) is 92.1 Å². The maximum atomic E-state index is 12.6. The Morgan fingerprint density at radius 2 is 1.64 bits per heavy atom. The quantitative estimate of drug-likeness (QED) is 0.354. The molecule has 5 rings (SSSR count). The maximum absolute atomic E-state index is 12.6. The molecule has 5 atom stereocenters. The normalized spacial score (nSPS) is 30.4.